The number of aryl methyl sites for hydroxylation is 2. The molecule has 6 nitrogen and oxygen atoms in total. The highest BCUT2D eigenvalue weighted by atomic mass is 35.5. The van der Waals surface area contributed by atoms with Gasteiger partial charge in [-0.15, -0.1) is 0 Å². The van der Waals surface area contributed by atoms with E-state index in [1.807, 2.05) is 6.92 Å². The first-order valence-electron chi connectivity index (χ1n) is 6.77. The normalized spacial score (nSPS) is 10.9. The van der Waals surface area contributed by atoms with E-state index in [1.165, 1.54) is 13.1 Å². The number of halogens is 1. The molecule has 0 spiro atoms. The molecule has 7 heteroatoms. The molecule has 116 valence electrons. The molecule has 0 aliphatic rings. The van der Waals surface area contributed by atoms with Crippen LogP contribution in [0.2, 0.25) is 5.15 Å². The molecule has 0 atom stereocenters. The number of nitrogens with zero attached hydrogens (tertiary/aromatic N) is 2. The summed E-state index contributed by atoms with van der Waals surface area (Å²) in [5.74, 6) is -0.964. The van der Waals surface area contributed by atoms with Crippen LogP contribution >= 0.6 is 11.6 Å². The second-order valence-electron chi connectivity index (χ2n) is 4.48. The Kier molecular flexibility index (Phi) is 6.94. The maximum absolute atomic E-state index is 11.5. The summed E-state index contributed by atoms with van der Waals surface area (Å²) >= 11 is 6.23. The lowest BCUT2D eigenvalue weighted by molar-refractivity contribution is -0.143. The molecule has 1 heterocycles. The number of hydrogen-bond acceptors (Lipinski definition) is 4. The largest absolute Gasteiger partial charge is 0.452 e. The van der Waals surface area contributed by atoms with Crippen molar-refractivity contribution >= 4 is 29.6 Å². The van der Waals surface area contributed by atoms with Gasteiger partial charge >= 0.3 is 5.97 Å². The molecule has 1 aromatic heterocycles. The Bertz CT molecular complexity index is 538. The number of rotatable bonds is 7. The number of hydrogen-bond donors (Lipinski definition) is 1. The van der Waals surface area contributed by atoms with Crippen LogP contribution < -0.4 is 5.32 Å². The Morgan fingerprint density at radius 3 is 2.81 bits per heavy atom. The van der Waals surface area contributed by atoms with Crippen molar-refractivity contribution < 1.29 is 14.3 Å². The summed E-state index contributed by atoms with van der Waals surface area (Å²) in [5.41, 5.74) is 1.43. The lowest BCUT2D eigenvalue weighted by atomic mass is 10.2. The van der Waals surface area contributed by atoms with Crippen molar-refractivity contribution in [1.29, 1.82) is 0 Å². The molecular formula is C14H20ClN3O3. The molecule has 0 fully saturated rings. The Morgan fingerprint density at radius 1 is 1.48 bits per heavy atom. The first-order valence-corrected chi connectivity index (χ1v) is 7.15. The fourth-order valence-corrected chi connectivity index (χ4v) is 1.94. The highest BCUT2D eigenvalue weighted by Gasteiger charge is 2.11. The average molecular weight is 314 g/mol. The fraction of sp³-hybridized carbons (Fsp3) is 0.500. The quantitative estimate of drug-likeness (QED) is 0.617. The molecule has 0 saturated carbocycles. The predicted octanol–water partition coefficient (Wildman–Crippen LogP) is 1.95. The van der Waals surface area contributed by atoms with Gasteiger partial charge in [0, 0.05) is 25.2 Å². The van der Waals surface area contributed by atoms with Gasteiger partial charge in [0.25, 0.3) is 5.91 Å². The van der Waals surface area contributed by atoms with Gasteiger partial charge in [0.2, 0.25) is 0 Å². The minimum absolute atomic E-state index is 0.303. The highest BCUT2D eigenvalue weighted by molar-refractivity contribution is 6.31. The molecule has 0 aliphatic heterocycles. The molecule has 1 rings (SSSR count). The summed E-state index contributed by atoms with van der Waals surface area (Å²) in [6.07, 6.45) is 4.83. The van der Waals surface area contributed by atoms with E-state index in [4.69, 9.17) is 16.3 Å². The SMILES string of the molecule is CCCCn1nc(C)c(/C=C/C(=O)OCC(=O)NC)c1Cl. The zero-order chi connectivity index (χ0) is 15.8. The van der Waals surface area contributed by atoms with Crippen LogP contribution in [-0.4, -0.2) is 35.3 Å². The summed E-state index contributed by atoms with van der Waals surface area (Å²) < 4.78 is 6.48. The first-order chi connectivity index (χ1) is 9.99. The second kappa shape index (κ2) is 8.46. The average Bonchev–Trinajstić information content (AvgIpc) is 2.74. The van der Waals surface area contributed by atoms with E-state index in [9.17, 15) is 9.59 Å². The van der Waals surface area contributed by atoms with Gasteiger partial charge < -0.3 is 10.1 Å². The van der Waals surface area contributed by atoms with E-state index >= 15 is 0 Å². The van der Waals surface area contributed by atoms with E-state index in [0.29, 0.717) is 10.7 Å². The Hall–Kier alpha value is -1.82. The van der Waals surface area contributed by atoms with Crippen molar-refractivity contribution in [2.75, 3.05) is 13.7 Å². The third-order valence-corrected chi connectivity index (χ3v) is 3.24. The lowest BCUT2D eigenvalue weighted by Gasteiger charge is -2.01. The third-order valence-electron chi connectivity index (χ3n) is 2.84. The minimum atomic E-state index is -0.602. The topological polar surface area (TPSA) is 73.2 Å². The van der Waals surface area contributed by atoms with Crippen LogP contribution in [0.1, 0.15) is 31.0 Å². The predicted molar refractivity (Wildman–Crippen MR) is 80.9 cm³/mol. The van der Waals surface area contributed by atoms with Crippen LogP contribution in [0, 0.1) is 6.92 Å². The molecule has 21 heavy (non-hydrogen) atoms. The van der Waals surface area contributed by atoms with Crippen molar-refractivity contribution in [3.8, 4) is 0 Å². The first kappa shape index (κ1) is 17.2. The van der Waals surface area contributed by atoms with E-state index < -0.39 is 5.97 Å². The molecule has 0 radical (unpaired) electrons. The van der Waals surface area contributed by atoms with Crippen LogP contribution in [-0.2, 0) is 20.9 Å². The number of amides is 1. The molecule has 1 N–H and O–H groups in total. The van der Waals surface area contributed by atoms with Crippen molar-refractivity contribution in [3.05, 3.63) is 22.5 Å². The molecule has 0 aromatic carbocycles. The monoisotopic (exact) mass is 313 g/mol. The fourth-order valence-electron chi connectivity index (χ4n) is 1.62. The Balaban J connectivity index is 2.69. The van der Waals surface area contributed by atoms with Gasteiger partial charge in [0.05, 0.1) is 5.69 Å². The smallest absolute Gasteiger partial charge is 0.331 e. The minimum Gasteiger partial charge on any atom is -0.452 e. The van der Waals surface area contributed by atoms with Gasteiger partial charge in [0.1, 0.15) is 5.15 Å². The molecule has 0 unspecified atom stereocenters. The van der Waals surface area contributed by atoms with E-state index in [1.54, 1.807) is 10.8 Å². The number of carbonyl (C=O) groups excluding carboxylic acids is 2. The van der Waals surface area contributed by atoms with Crippen molar-refractivity contribution in [2.24, 2.45) is 0 Å². The Morgan fingerprint density at radius 2 is 2.19 bits per heavy atom. The van der Waals surface area contributed by atoms with Gasteiger partial charge in [-0.3, -0.25) is 9.48 Å². The van der Waals surface area contributed by atoms with Gasteiger partial charge in [-0.05, 0) is 19.4 Å². The number of esters is 1. The number of aromatic nitrogens is 2. The van der Waals surface area contributed by atoms with Crippen molar-refractivity contribution in [2.45, 2.75) is 33.2 Å². The summed E-state index contributed by atoms with van der Waals surface area (Å²) in [5, 5.41) is 7.19. The third kappa shape index (κ3) is 5.23. The van der Waals surface area contributed by atoms with Crippen LogP contribution in [0.4, 0.5) is 0 Å². The van der Waals surface area contributed by atoms with Crippen LogP contribution in [0.5, 0.6) is 0 Å². The summed E-state index contributed by atoms with van der Waals surface area (Å²) in [4.78, 5) is 22.4. The molecule has 0 bridgehead atoms. The van der Waals surface area contributed by atoms with Crippen LogP contribution in [0.25, 0.3) is 6.08 Å². The molecule has 1 amide bonds. The highest BCUT2D eigenvalue weighted by Crippen LogP contribution is 2.21. The number of carbonyl (C=O) groups is 2. The van der Waals surface area contributed by atoms with E-state index in [0.717, 1.165) is 25.1 Å². The van der Waals surface area contributed by atoms with Crippen LogP contribution in [0.15, 0.2) is 6.08 Å². The summed E-state index contributed by atoms with van der Waals surface area (Å²) in [7, 11) is 1.47. The van der Waals surface area contributed by atoms with Gasteiger partial charge in [0.15, 0.2) is 6.61 Å². The number of likely N-dealkylation sites (N-methyl/N-ethyl adjacent to an activating group) is 1. The molecule has 0 aliphatic carbocycles. The number of nitrogens with one attached hydrogen (secondary N) is 1. The molecular weight excluding hydrogens is 294 g/mol. The van der Waals surface area contributed by atoms with E-state index in [2.05, 4.69) is 17.3 Å². The number of ether oxygens (including phenoxy) is 1. The standard InChI is InChI=1S/C14H20ClN3O3/c1-4-5-8-18-14(15)11(10(2)17-18)6-7-13(20)21-9-12(19)16-3/h6-7H,4-5,8-9H2,1-3H3,(H,16,19)/b7-6+. The second-order valence-corrected chi connectivity index (χ2v) is 4.84. The van der Waals surface area contributed by atoms with Gasteiger partial charge in [-0.2, -0.15) is 5.10 Å². The van der Waals surface area contributed by atoms with E-state index in [-0.39, 0.29) is 12.5 Å². The van der Waals surface area contributed by atoms with Crippen molar-refractivity contribution in [3.63, 3.8) is 0 Å². The zero-order valence-corrected chi connectivity index (χ0v) is 13.2. The number of unbranched alkanes of at least 4 members (excludes halogenated alkanes) is 1. The maximum Gasteiger partial charge on any atom is 0.331 e. The zero-order valence-electron chi connectivity index (χ0n) is 12.5. The molecule has 1 aromatic rings. The Labute approximate surface area is 129 Å². The van der Waals surface area contributed by atoms with Gasteiger partial charge in [-0.1, -0.05) is 24.9 Å². The summed E-state index contributed by atoms with van der Waals surface area (Å²) in [6, 6.07) is 0. The maximum atomic E-state index is 11.5. The lowest BCUT2D eigenvalue weighted by Crippen LogP contribution is -2.24. The van der Waals surface area contributed by atoms with Crippen LogP contribution in [0.3, 0.4) is 0 Å². The van der Waals surface area contributed by atoms with Crippen molar-refractivity contribution in [1.82, 2.24) is 15.1 Å². The van der Waals surface area contributed by atoms with Gasteiger partial charge in [-0.25, -0.2) is 4.79 Å². The summed E-state index contributed by atoms with van der Waals surface area (Å²) in [6.45, 7) is 4.35. The molecule has 0 saturated heterocycles.